The third-order valence-electron chi connectivity index (χ3n) is 9.72. The second-order valence-corrected chi connectivity index (χ2v) is 12.1. The van der Waals surface area contributed by atoms with Gasteiger partial charge < -0.3 is 9.47 Å². The summed E-state index contributed by atoms with van der Waals surface area (Å²) < 4.78 is 12.1. The molecule has 0 bridgehead atoms. The highest BCUT2D eigenvalue weighted by atomic mass is 16.6. The fourth-order valence-electron chi connectivity index (χ4n) is 8.17. The van der Waals surface area contributed by atoms with Crippen molar-refractivity contribution in [2.45, 2.75) is 67.1 Å². The standard InChI is InChI=1S/C29H36O7/c1-15(30)9-10-17-18(32)13-19-27(17,5)22(34)14-20-28(19,6)25(36-16(2)31)23(35-8)24-26(3,4)12-11-21(33)29(20,24)7/h9-13,17,20,23-25H,14H2,1-8H3. The molecule has 7 nitrogen and oxygen atoms in total. The fraction of sp³-hybridized carbons (Fsp3) is 0.621. The molecular weight excluding hydrogens is 460 g/mol. The number of hydrogen-bond donors (Lipinski definition) is 0. The largest absolute Gasteiger partial charge is 0.459 e. The van der Waals surface area contributed by atoms with Crippen molar-refractivity contribution in [3.8, 4) is 0 Å². The van der Waals surface area contributed by atoms with Gasteiger partial charge in [0.2, 0.25) is 0 Å². The van der Waals surface area contributed by atoms with Crippen LogP contribution in [-0.4, -0.2) is 48.4 Å². The Kier molecular flexibility index (Phi) is 5.99. The maximum Gasteiger partial charge on any atom is 0.303 e. The van der Waals surface area contributed by atoms with E-state index < -0.39 is 51.7 Å². The van der Waals surface area contributed by atoms with Crippen LogP contribution < -0.4 is 0 Å². The van der Waals surface area contributed by atoms with E-state index in [4.69, 9.17) is 9.47 Å². The molecule has 0 radical (unpaired) electrons. The van der Waals surface area contributed by atoms with Gasteiger partial charge in [-0.15, -0.1) is 0 Å². The quantitative estimate of drug-likeness (QED) is 0.433. The van der Waals surface area contributed by atoms with Gasteiger partial charge in [0.15, 0.2) is 17.3 Å². The van der Waals surface area contributed by atoms with Crippen molar-refractivity contribution in [1.29, 1.82) is 0 Å². The van der Waals surface area contributed by atoms with Crippen LogP contribution >= 0.6 is 0 Å². The summed E-state index contributed by atoms with van der Waals surface area (Å²) >= 11 is 0. The van der Waals surface area contributed by atoms with Crippen LogP contribution in [0.5, 0.6) is 0 Å². The van der Waals surface area contributed by atoms with Gasteiger partial charge in [-0.1, -0.05) is 39.8 Å². The summed E-state index contributed by atoms with van der Waals surface area (Å²) in [5, 5.41) is 0. The number of hydrogen-bond acceptors (Lipinski definition) is 7. The number of carbonyl (C=O) groups excluding carboxylic acids is 5. The lowest BCUT2D eigenvalue weighted by atomic mass is 9.37. The van der Waals surface area contributed by atoms with Crippen molar-refractivity contribution >= 4 is 29.1 Å². The van der Waals surface area contributed by atoms with E-state index in [0.29, 0.717) is 5.57 Å². The smallest absolute Gasteiger partial charge is 0.303 e. The highest BCUT2D eigenvalue weighted by Crippen LogP contribution is 2.71. The molecule has 2 fully saturated rings. The Balaban J connectivity index is 2.01. The molecule has 8 unspecified atom stereocenters. The predicted octanol–water partition coefficient (Wildman–Crippen LogP) is 3.61. The highest BCUT2D eigenvalue weighted by molar-refractivity contribution is 6.08. The molecule has 36 heavy (non-hydrogen) atoms. The second kappa shape index (κ2) is 8.17. The molecule has 0 heterocycles. The molecule has 0 aliphatic heterocycles. The first-order valence-corrected chi connectivity index (χ1v) is 12.5. The minimum atomic E-state index is -1.22. The molecule has 0 spiro atoms. The number of fused-ring (bicyclic) bond motifs is 5. The first kappa shape index (κ1) is 26.4. The zero-order valence-corrected chi connectivity index (χ0v) is 22.3. The van der Waals surface area contributed by atoms with Crippen molar-refractivity contribution in [3.63, 3.8) is 0 Å². The van der Waals surface area contributed by atoms with Gasteiger partial charge in [-0.25, -0.2) is 0 Å². The van der Waals surface area contributed by atoms with E-state index in [2.05, 4.69) is 0 Å². The lowest BCUT2D eigenvalue weighted by Gasteiger charge is -2.67. The van der Waals surface area contributed by atoms with Gasteiger partial charge in [-0.05, 0) is 49.0 Å². The molecule has 4 aliphatic carbocycles. The van der Waals surface area contributed by atoms with E-state index in [0.717, 1.165) is 0 Å². The molecule has 0 N–H and O–H groups in total. The molecule has 0 amide bonds. The summed E-state index contributed by atoms with van der Waals surface area (Å²) in [7, 11) is 1.55. The van der Waals surface area contributed by atoms with Crippen LogP contribution in [0, 0.1) is 39.4 Å². The van der Waals surface area contributed by atoms with Gasteiger partial charge in [-0.3, -0.25) is 24.0 Å². The molecular formula is C29H36O7. The lowest BCUT2D eigenvalue weighted by Crippen LogP contribution is -2.72. The zero-order chi connectivity index (χ0) is 27.0. The van der Waals surface area contributed by atoms with Crippen LogP contribution in [0.2, 0.25) is 0 Å². The number of carbonyl (C=O) groups is 5. The summed E-state index contributed by atoms with van der Waals surface area (Å²) in [5.74, 6) is -3.01. The Labute approximate surface area is 212 Å². The molecule has 8 atom stereocenters. The van der Waals surface area contributed by atoms with Crippen LogP contribution in [-0.2, 0) is 33.4 Å². The van der Waals surface area contributed by atoms with Gasteiger partial charge in [-0.2, -0.15) is 0 Å². The van der Waals surface area contributed by atoms with Crippen LogP contribution in [0.3, 0.4) is 0 Å². The summed E-state index contributed by atoms with van der Waals surface area (Å²) in [4.78, 5) is 65.1. The van der Waals surface area contributed by atoms with E-state index in [-0.39, 0.29) is 35.5 Å². The Morgan fingerprint density at radius 2 is 1.67 bits per heavy atom. The molecule has 0 aromatic carbocycles. The fourth-order valence-corrected chi connectivity index (χ4v) is 8.17. The molecule has 4 aliphatic rings. The van der Waals surface area contributed by atoms with Gasteiger partial charge in [0.05, 0.1) is 17.4 Å². The third kappa shape index (κ3) is 3.24. The monoisotopic (exact) mass is 496 g/mol. The lowest BCUT2D eigenvalue weighted by molar-refractivity contribution is -0.235. The van der Waals surface area contributed by atoms with Crippen molar-refractivity contribution in [2.75, 3.05) is 7.11 Å². The molecule has 7 heteroatoms. The first-order chi connectivity index (χ1) is 16.6. The predicted molar refractivity (Wildman–Crippen MR) is 132 cm³/mol. The summed E-state index contributed by atoms with van der Waals surface area (Å²) in [5.41, 5.74) is -3.20. The number of allylic oxidation sites excluding steroid dienone is 5. The van der Waals surface area contributed by atoms with E-state index in [9.17, 15) is 24.0 Å². The van der Waals surface area contributed by atoms with E-state index in [1.165, 1.54) is 32.1 Å². The Morgan fingerprint density at radius 1 is 1.03 bits per heavy atom. The van der Waals surface area contributed by atoms with E-state index >= 15 is 0 Å². The van der Waals surface area contributed by atoms with Gasteiger partial charge >= 0.3 is 5.97 Å². The van der Waals surface area contributed by atoms with Crippen molar-refractivity contribution in [2.24, 2.45) is 39.4 Å². The number of esters is 1. The molecule has 0 saturated heterocycles. The molecule has 2 saturated carbocycles. The van der Waals surface area contributed by atoms with Crippen molar-refractivity contribution in [1.82, 2.24) is 0 Å². The molecule has 0 aromatic rings. The number of ether oxygens (including phenoxy) is 2. The summed E-state index contributed by atoms with van der Waals surface area (Å²) in [6.45, 7) is 12.3. The van der Waals surface area contributed by atoms with Gasteiger partial charge in [0.1, 0.15) is 11.9 Å². The first-order valence-electron chi connectivity index (χ1n) is 12.5. The second-order valence-electron chi connectivity index (χ2n) is 12.1. The van der Waals surface area contributed by atoms with Crippen LogP contribution in [0.1, 0.15) is 54.9 Å². The van der Waals surface area contributed by atoms with Crippen molar-refractivity contribution < 1.29 is 33.4 Å². The average Bonchev–Trinajstić information content (AvgIpc) is 3.04. The Morgan fingerprint density at radius 3 is 2.22 bits per heavy atom. The van der Waals surface area contributed by atoms with Crippen molar-refractivity contribution in [3.05, 3.63) is 36.0 Å². The minimum Gasteiger partial charge on any atom is -0.459 e. The number of ketones is 4. The Hall–Kier alpha value is -2.67. The summed E-state index contributed by atoms with van der Waals surface area (Å²) in [6, 6.07) is 0. The van der Waals surface area contributed by atoms with E-state index in [1.807, 2.05) is 33.8 Å². The van der Waals surface area contributed by atoms with Crippen LogP contribution in [0.25, 0.3) is 0 Å². The Bertz CT molecular complexity index is 1160. The van der Waals surface area contributed by atoms with Crippen LogP contribution in [0.4, 0.5) is 0 Å². The number of methoxy groups -OCH3 is 1. The normalized spacial score (nSPS) is 43.1. The third-order valence-corrected chi connectivity index (χ3v) is 9.72. The maximum absolute atomic E-state index is 14.0. The number of rotatable bonds is 4. The van der Waals surface area contributed by atoms with E-state index in [1.54, 1.807) is 20.1 Å². The SMILES string of the molecule is COC1C(OC(C)=O)C2(C)C3=CC(=O)C(C=CC(C)=O)C3(C)C(=O)CC2C2(C)C(=O)C=CC(C)(C)C12. The molecule has 194 valence electrons. The maximum atomic E-state index is 14.0. The van der Waals surface area contributed by atoms with Gasteiger partial charge in [0, 0.05) is 37.2 Å². The molecule has 4 rings (SSSR count). The highest BCUT2D eigenvalue weighted by Gasteiger charge is 2.75. The topological polar surface area (TPSA) is 104 Å². The molecule has 0 aromatic heterocycles. The zero-order valence-electron chi connectivity index (χ0n) is 22.3. The van der Waals surface area contributed by atoms with Gasteiger partial charge in [0.25, 0.3) is 0 Å². The van der Waals surface area contributed by atoms with Crippen LogP contribution in [0.15, 0.2) is 36.0 Å². The minimum absolute atomic E-state index is 0.0406. The average molecular weight is 497 g/mol. The summed E-state index contributed by atoms with van der Waals surface area (Å²) in [6.07, 6.45) is 6.34. The number of Topliss-reactive ketones (excluding diaryl/α,β-unsaturated/α-hetero) is 1.